The van der Waals surface area contributed by atoms with E-state index < -0.39 is 0 Å². The monoisotopic (exact) mass is 270 g/mol. The van der Waals surface area contributed by atoms with Gasteiger partial charge in [-0.25, -0.2) is 0 Å². The van der Waals surface area contributed by atoms with Crippen LogP contribution in [0.15, 0.2) is 6.20 Å². The second-order valence-corrected chi connectivity index (χ2v) is 7.11. The smallest absolute Gasteiger partial charge is 0.177 e. The average Bonchev–Trinajstić information content (AvgIpc) is 2.56. The third kappa shape index (κ3) is 3.95. The topological polar surface area (TPSA) is 29.9 Å². The molecule has 1 rings (SSSR count). The van der Waals surface area contributed by atoms with Gasteiger partial charge in [-0.05, 0) is 24.1 Å². The van der Waals surface area contributed by atoms with Crippen LogP contribution in [0.1, 0.15) is 46.7 Å². The van der Waals surface area contributed by atoms with Crippen LogP contribution in [0.4, 0.5) is 0 Å². The molecular formula is C14H26N2OS. The second kappa shape index (κ2) is 5.57. The maximum atomic E-state index is 5.40. The Kier molecular flexibility index (Phi) is 4.78. The number of H-pyrrole nitrogens is 1. The van der Waals surface area contributed by atoms with Crippen molar-refractivity contribution in [3.63, 3.8) is 0 Å². The number of aromatic nitrogens is 2. The molecule has 18 heavy (non-hydrogen) atoms. The van der Waals surface area contributed by atoms with Crippen molar-refractivity contribution in [2.24, 2.45) is 5.41 Å². The number of rotatable bonds is 5. The van der Waals surface area contributed by atoms with Crippen molar-refractivity contribution in [1.29, 1.82) is 0 Å². The first-order valence-electron chi connectivity index (χ1n) is 6.45. The molecule has 1 heterocycles. The van der Waals surface area contributed by atoms with Gasteiger partial charge >= 0.3 is 0 Å². The van der Waals surface area contributed by atoms with Gasteiger partial charge in [-0.3, -0.25) is 0 Å². The number of nitrogens with one attached hydrogen (secondary N) is 1. The van der Waals surface area contributed by atoms with Gasteiger partial charge in [0.2, 0.25) is 0 Å². The van der Waals surface area contributed by atoms with Gasteiger partial charge in [-0.2, -0.15) is 0 Å². The standard InChI is InChI=1S/C14H26N2OS/c1-13(2,3)11-9-15-12(18)16(11)10-14(4,5)7-8-17-6/h9H,7-8,10H2,1-6H3,(H,15,18). The lowest BCUT2D eigenvalue weighted by atomic mass is 9.88. The number of hydrogen-bond donors (Lipinski definition) is 1. The molecule has 3 nitrogen and oxygen atoms in total. The van der Waals surface area contributed by atoms with Gasteiger partial charge in [0.05, 0.1) is 0 Å². The molecule has 0 aliphatic heterocycles. The zero-order valence-corrected chi connectivity index (χ0v) is 13.3. The van der Waals surface area contributed by atoms with E-state index in [-0.39, 0.29) is 10.8 Å². The SMILES string of the molecule is COCCC(C)(C)Cn1c(C(C)(C)C)c[nH]c1=S. The summed E-state index contributed by atoms with van der Waals surface area (Å²) in [6.07, 6.45) is 3.06. The lowest BCUT2D eigenvalue weighted by molar-refractivity contribution is 0.141. The zero-order chi connectivity index (χ0) is 14.0. The quantitative estimate of drug-likeness (QED) is 0.822. The first-order valence-corrected chi connectivity index (χ1v) is 6.86. The molecule has 104 valence electrons. The van der Waals surface area contributed by atoms with Gasteiger partial charge in [0.1, 0.15) is 0 Å². The number of nitrogens with zero attached hydrogens (tertiary/aromatic N) is 1. The third-order valence-corrected chi connectivity index (χ3v) is 3.54. The van der Waals surface area contributed by atoms with E-state index in [9.17, 15) is 0 Å². The Morgan fingerprint density at radius 2 is 1.89 bits per heavy atom. The van der Waals surface area contributed by atoms with Gasteiger partial charge < -0.3 is 14.3 Å². The average molecular weight is 270 g/mol. The molecule has 0 aromatic carbocycles. The summed E-state index contributed by atoms with van der Waals surface area (Å²) in [6.45, 7) is 12.9. The van der Waals surface area contributed by atoms with Crippen LogP contribution < -0.4 is 0 Å². The summed E-state index contributed by atoms with van der Waals surface area (Å²) in [4.78, 5) is 3.17. The van der Waals surface area contributed by atoms with E-state index in [1.54, 1.807) is 7.11 Å². The van der Waals surface area contributed by atoms with E-state index >= 15 is 0 Å². The molecule has 0 spiro atoms. The summed E-state index contributed by atoms with van der Waals surface area (Å²) in [6, 6.07) is 0. The Bertz CT molecular complexity index is 437. The minimum Gasteiger partial charge on any atom is -0.385 e. The fraction of sp³-hybridized carbons (Fsp3) is 0.786. The molecule has 1 aromatic heterocycles. The van der Waals surface area contributed by atoms with E-state index in [0.717, 1.165) is 24.3 Å². The summed E-state index contributed by atoms with van der Waals surface area (Å²) in [5, 5.41) is 0. The highest BCUT2D eigenvalue weighted by atomic mass is 32.1. The van der Waals surface area contributed by atoms with Crippen LogP contribution in [-0.4, -0.2) is 23.3 Å². The molecule has 0 unspecified atom stereocenters. The Labute approximate surface area is 116 Å². The molecular weight excluding hydrogens is 244 g/mol. The third-order valence-electron chi connectivity index (χ3n) is 3.21. The number of ether oxygens (including phenoxy) is 1. The summed E-state index contributed by atoms with van der Waals surface area (Å²) >= 11 is 5.40. The predicted octanol–water partition coefficient (Wildman–Crippen LogP) is 3.91. The van der Waals surface area contributed by atoms with Crippen molar-refractivity contribution in [1.82, 2.24) is 9.55 Å². The van der Waals surface area contributed by atoms with E-state index in [2.05, 4.69) is 44.2 Å². The van der Waals surface area contributed by atoms with E-state index in [1.807, 2.05) is 6.20 Å². The van der Waals surface area contributed by atoms with Gasteiger partial charge in [0.15, 0.2) is 4.77 Å². The minimum absolute atomic E-state index is 0.102. The molecule has 0 aliphatic rings. The molecule has 1 aromatic rings. The molecule has 0 fully saturated rings. The maximum absolute atomic E-state index is 5.40. The van der Waals surface area contributed by atoms with Gasteiger partial charge in [-0.1, -0.05) is 34.6 Å². The molecule has 0 saturated carbocycles. The van der Waals surface area contributed by atoms with Crippen molar-refractivity contribution in [3.05, 3.63) is 16.7 Å². The Morgan fingerprint density at radius 1 is 1.28 bits per heavy atom. The van der Waals surface area contributed by atoms with Gasteiger partial charge in [0, 0.05) is 37.6 Å². The molecule has 1 N–H and O–H groups in total. The fourth-order valence-corrected chi connectivity index (χ4v) is 2.28. The van der Waals surface area contributed by atoms with Gasteiger partial charge in [-0.15, -0.1) is 0 Å². The van der Waals surface area contributed by atoms with Crippen molar-refractivity contribution in [2.45, 2.75) is 53.0 Å². The first-order chi connectivity index (χ1) is 8.17. The van der Waals surface area contributed by atoms with E-state index in [4.69, 9.17) is 17.0 Å². The summed E-state index contributed by atoms with van der Waals surface area (Å²) in [5.41, 5.74) is 1.54. The maximum Gasteiger partial charge on any atom is 0.177 e. The highest BCUT2D eigenvalue weighted by molar-refractivity contribution is 7.71. The van der Waals surface area contributed by atoms with Crippen LogP contribution in [-0.2, 0) is 16.7 Å². The van der Waals surface area contributed by atoms with Crippen molar-refractivity contribution in [3.8, 4) is 0 Å². The molecule has 4 heteroatoms. The number of aromatic amines is 1. The van der Waals surface area contributed by atoms with Crippen LogP contribution in [0.25, 0.3) is 0 Å². The highest BCUT2D eigenvalue weighted by Crippen LogP contribution is 2.28. The molecule has 0 bridgehead atoms. The Hall–Kier alpha value is -0.610. The summed E-state index contributed by atoms with van der Waals surface area (Å²) < 4.78 is 8.22. The molecule has 0 radical (unpaired) electrons. The Balaban J connectivity index is 2.97. The molecule has 0 atom stereocenters. The van der Waals surface area contributed by atoms with E-state index in [0.29, 0.717) is 0 Å². The normalized spacial score (nSPS) is 13.0. The largest absolute Gasteiger partial charge is 0.385 e. The van der Waals surface area contributed by atoms with Gasteiger partial charge in [0.25, 0.3) is 0 Å². The van der Waals surface area contributed by atoms with Crippen LogP contribution >= 0.6 is 12.2 Å². The summed E-state index contributed by atoms with van der Waals surface area (Å²) in [5.74, 6) is 0. The van der Waals surface area contributed by atoms with Crippen LogP contribution in [0.3, 0.4) is 0 Å². The lowest BCUT2D eigenvalue weighted by Gasteiger charge is -2.28. The molecule has 0 aliphatic carbocycles. The van der Waals surface area contributed by atoms with Crippen LogP contribution in [0.2, 0.25) is 0 Å². The van der Waals surface area contributed by atoms with Crippen molar-refractivity contribution < 1.29 is 4.74 Å². The molecule has 0 saturated heterocycles. The molecule has 0 amide bonds. The first kappa shape index (κ1) is 15.4. The van der Waals surface area contributed by atoms with Crippen LogP contribution in [0, 0.1) is 10.2 Å². The highest BCUT2D eigenvalue weighted by Gasteiger charge is 2.24. The van der Waals surface area contributed by atoms with E-state index in [1.165, 1.54) is 5.69 Å². The van der Waals surface area contributed by atoms with Crippen molar-refractivity contribution in [2.75, 3.05) is 13.7 Å². The lowest BCUT2D eigenvalue weighted by Crippen LogP contribution is -2.26. The number of methoxy groups -OCH3 is 1. The second-order valence-electron chi connectivity index (χ2n) is 6.72. The zero-order valence-electron chi connectivity index (χ0n) is 12.5. The predicted molar refractivity (Wildman–Crippen MR) is 78.6 cm³/mol. The van der Waals surface area contributed by atoms with Crippen molar-refractivity contribution >= 4 is 12.2 Å². The van der Waals surface area contributed by atoms with Crippen LogP contribution in [0.5, 0.6) is 0 Å². The number of imidazole rings is 1. The fourth-order valence-electron chi connectivity index (χ4n) is 2.06. The summed E-state index contributed by atoms with van der Waals surface area (Å²) in [7, 11) is 1.75. The minimum atomic E-state index is 0.102. The number of hydrogen-bond acceptors (Lipinski definition) is 2. The Morgan fingerprint density at radius 3 is 2.39 bits per heavy atom.